The fourth-order valence-corrected chi connectivity index (χ4v) is 4.38. The van der Waals surface area contributed by atoms with Crippen molar-refractivity contribution in [1.29, 1.82) is 0 Å². The van der Waals surface area contributed by atoms with Gasteiger partial charge in [-0.25, -0.2) is 0 Å². The standard InChI is InChI=1S/C30H35N3O4/c1-20-17-31-21(2)19-37-27-16-25(14-15-26(27)30(35)33(3)18-28(20)36-4)32-29(34)24-12-10-23(11-13-24)22-8-6-5-7-9-22/h5-16,20-21,28,31H,17-19H2,1-4H3,(H,32,34)/t20-,21-,28-/m0/s1. The second-order valence-electron chi connectivity index (χ2n) is 9.67. The number of methoxy groups -OCH3 is 1. The molecule has 1 heterocycles. The summed E-state index contributed by atoms with van der Waals surface area (Å²) in [6, 6.07) is 22.7. The van der Waals surface area contributed by atoms with E-state index in [1.54, 1.807) is 49.4 Å². The number of nitrogens with one attached hydrogen (secondary N) is 2. The Bertz CT molecular complexity index is 1210. The number of likely N-dealkylation sites (N-methyl/N-ethyl adjacent to an activating group) is 1. The summed E-state index contributed by atoms with van der Waals surface area (Å²) in [4.78, 5) is 27.9. The zero-order valence-corrected chi connectivity index (χ0v) is 21.9. The molecule has 3 aromatic carbocycles. The quantitative estimate of drug-likeness (QED) is 0.542. The van der Waals surface area contributed by atoms with E-state index in [0.29, 0.717) is 35.7 Å². The molecule has 2 N–H and O–H groups in total. The van der Waals surface area contributed by atoms with Gasteiger partial charge in [-0.1, -0.05) is 49.4 Å². The molecule has 0 fully saturated rings. The fraction of sp³-hybridized carbons (Fsp3) is 0.333. The van der Waals surface area contributed by atoms with E-state index >= 15 is 0 Å². The van der Waals surface area contributed by atoms with Crippen LogP contribution in [0.3, 0.4) is 0 Å². The zero-order valence-electron chi connectivity index (χ0n) is 21.9. The van der Waals surface area contributed by atoms with Gasteiger partial charge in [-0.05, 0) is 48.2 Å². The molecule has 3 atom stereocenters. The minimum atomic E-state index is -0.233. The van der Waals surface area contributed by atoms with Crippen LogP contribution in [0.2, 0.25) is 0 Å². The molecular formula is C30H35N3O4. The summed E-state index contributed by atoms with van der Waals surface area (Å²) >= 11 is 0. The van der Waals surface area contributed by atoms with Crippen LogP contribution in [0.4, 0.5) is 5.69 Å². The minimum absolute atomic E-state index is 0.0708. The van der Waals surface area contributed by atoms with Gasteiger partial charge in [0, 0.05) is 50.6 Å². The van der Waals surface area contributed by atoms with Gasteiger partial charge in [0.1, 0.15) is 12.4 Å². The molecule has 37 heavy (non-hydrogen) atoms. The lowest BCUT2D eigenvalue weighted by Crippen LogP contribution is -2.44. The molecule has 3 aromatic rings. The molecule has 7 nitrogen and oxygen atoms in total. The molecule has 0 saturated carbocycles. The molecule has 7 heteroatoms. The number of amides is 2. The second kappa shape index (κ2) is 12.0. The van der Waals surface area contributed by atoms with Crippen LogP contribution in [0.1, 0.15) is 34.6 Å². The van der Waals surface area contributed by atoms with Gasteiger partial charge in [0.05, 0.1) is 11.7 Å². The van der Waals surface area contributed by atoms with E-state index < -0.39 is 0 Å². The van der Waals surface area contributed by atoms with Crippen molar-refractivity contribution < 1.29 is 19.1 Å². The maximum Gasteiger partial charge on any atom is 0.257 e. The molecule has 0 aromatic heterocycles. The molecule has 4 rings (SSSR count). The van der Waals surface area contributed by atoms with Crippen molar-refractivity contribution in [2.45, 2.75) is 26.0 Å². The van der Waals surface area contributed by atoms with Gasteiger partial charge in [0.25, 0.3) is 11.8 Å². The van der Waals surface area contributed by atoms with Gasteiger partial charge >= 0.3 is 0 Å². The number of benzene rings is 3. The number of hydrogen-bond donors (Lipinski definition) is 2. The van der Waals surface area contributed by atoms with Crippen molar-refractivity contribution in [3.05, 3.63) is 83.9 Å². The van der Waals surface area contributed by atoms with E-state index in [9.17, 15) is 9.59 Å². The number of carbonyl (C=O) groups excluding carboxylic acids is 2. The molecular weight excluding hydrogens is 466 g/mol. The lowest BCUT2D eigenvalue weighted by Gasteiger charge is -2.30. The van der Waals surface area contributed by atoms with E-state index in [1.165, 1.54) is 0 Å². The fourth-order valence-electron chi connectivity index (χ4n) is 4.38. The number of ether oxygens (including phenoxy) is 2. The Hall–Kier alpha value is -3.68. The largest absolute Gasteiger partial charge is 0.491 e. The van der Waals surface area contributed by atoms with Crippen LogP contribution >= 0.6 is 0 Å². The van der Waals surface area contributed by atoms with Crippen molar-refractivity contribution in [2.24, 2.45) is 5.92 Å². The Morgan fingerprint density at radius 3 is 2.43 bits per heavy atom. The number of hydrogen-bond acceptors (Lipinski definition) is 5. The number of fused-ring (bicyclic) bond motifs is 1. The molecule has 0 spiro atoms. The van der Waals surface area contributed by atoms with Gasteiger partial charge in [0.2, 0.25) is 0 Å². The van der Waals surface area contributed by atoms with E-state index in [2.05, 4.69) is 17.6 Å². The average Bonchev–Trinajstić information content (AvgIpc) is 2.93. The Labute approximate surface area is 218 Å². The van der Waals surface area contributed by atoms with Crippen molar-refractivity contribution in [1.82, 2.24) is 10.2 Å². The lowest BCUT2D eigenvalue weighted by molar-refractivity contribution is 0.0281. The number of carbonyl (C=O) groups is 2. The third-order valence-electron chi connectivity index (χ3n) is 6.74. The summed E-state index contributed by atoms with van der Waals surface area (Å²) in [5, 5.41) is 6.41. The summed E-state index contributed by atoms with van der Waals surface area (Å²) in [5.41, 5.74) is 3.68. The Balaban J connectivity index is 1.53. The van der Waals surface area contributed by atoms with Gasteiger partial charge in [-0.15, -0.1) is 0 Å². The van der Waals surface area contributed by atoms with Gasteiger partial charge in [0.15, 0.2) is 0 Å². The van der Waals surface area contributed by atoms with Crippen molar-refractivity contribution >= 4 is 17.5 Å². The summed E-state index contributed by atoms with van der Waals surface area (Å²) < 4.78 is 11.8. The summed E-state index contributed by atoms with van der Waals surface area (Å²) in [7, 11) is 3.44. The van der Waals surface area contributed by atoms with E-state index in [4.69, 9.17) is 9.47 Å². The predicted molar refractivity (Wildman–Crippen MR) is 146 cm³/mol. The van der Waals surface area contributed by atoms with Crippen LogP contribution in [0, 0.1) is 5.92 Å². The maximum absolute atomic E-state index is 13.3. The Morgan fingerprint density at radius 1 is 1.03 bits per heavy atom. The van der Waals surface area contributed by atoms with Crippen LogP contribution in [0.15, 0.2) is 72.8 Å². The van der Waals surface area contributed by atoms with Crippen LogP contribution in [0.5, 0.6) is 5.75 Å². The molecule has 2 amide bonds. The summed E-state index contributed by atoms with van der Waals surface area (Å²) in [6.45, 7) is 5.74. The number of anilines is 1. The Morgan fingerprint density at radius 2 is 1.73 bits per heavy atom. The molecule has 0 radical (unpaired) electrons. The lowest BCUT2D eigenvalue weighted by atomic mass is 10.0. The third-order valence-corrected chi connectivity index (χ3v) is 6.74. The van der Waals surface area contributed by atoms with Crippen LogP contribution in [-0.4, -0.2) is 62.7 Å². The molecule has 0 unspecified atom stereocenters. The highest BCUT2D eigenvalue weighted by Gasteiger charge is 2.25. The second-order valence-corrected chi connectivity index (χ2v) is 9.67. The van der Waals surface area contributed by atoms with Crippen LogP contribution in [0.25, 0.3) is 11.1 Å². The first-order valence-corrected chi connectivity index (χ1v) is 12.6. The van der Waals surface area contributed by atoms with Crippen molar-refractivity contribution in [3.8, 4) is 16.9 Å². The normalized spacial score (nSPS) is 20.7. The van der Waals surface area contributed by atoms with E-state index in [-0.39, 0.29) is 29.9 Å². The first kappa shape index (κ1) is 26.4. The third kappa shape index (κ3) is 6.56. The zero-order chi connectivity index (χ0) is 26.4. The average molecular weight is 502 g/mol. The molecule has 1 aliphatic heterocycles. The van der Waals surface area contributed by atoms with E-state index in [1.807, 2.05) is 49.4 Å². The smallest absolute Gasteiger partial charge is 0.257 e. The van der Waals surface area contributed by atoms with Crippen molar-refractivity contribution in [2.75, 3.05) is 39.2 Å². The van der Waals surface area contributed by atoms with Crippen molar-refractivity contribution in [3.63, 3.8) is 0 Å². The van der Waals surface area contributed by atoms with Gasteiger partial charge < -0.3 is 25.0 Å². The Kier molecular flexibility index (Phi) is 8.58. The molecule has 194 valence electrons. The highest BCUT2D eigenvalue weighted by atomic mass is 16.5. The number of nitrogens with zero attached hydrogens (tertiary/aromatic N) is 1. The maximum atomic E-state index is 13.3. The van der Waals surface area contributed by atoms with Gasteiger partial charge in [-0.2, -0.15) is 0 Å². The highest BCUT2D eigenvalue weighted by molar-refractivity contribution is 6.05. The summed E-state index contributed by atoms with van der Waals surface area (Å²) in [5.74, 6) is 0.272. The SMILES string of the molecule is CO[C@H]1CN(C)C(=O)c2ccc(NC(=O)c3ccc(-c4ccccc4)cc3)cc2OC[C@H](C)NC[C@@H]1C. The first-order valence-electron chi connectivity index (χ1n) is 12.6. The monoisotopic (exact) mass is 501 g/mol. The predicted octanol–water partition coefficient (Wildman–Crippen LogP) is 4.70. The van der Waals surface area contributed by atoms with E-state index in [0.717, 1.165) is 17.7 Å². The topological polar surface area (TPSA) is 79.9 Å². The van der Waals surface area contributed by atoms with Gasteiger partial charge in [-0.3, -0.25) is 9.59 Å². The molecule has 0 aliphatic carbocycles. The van der Waals surface area contributed by atoms with Crippen LogP contribution < -0.4 is 15.4 Å². The van der Waals surface area contributed by atoms with Crippen LogP contribution in [-0.2, 0) is 4.74 Å². The molecule has 0 bridgehead atoms. The summed E-state index contributed by atoms with van der Waals surface area (Å²) in [6.07, 6.45) is -0.0933. The highest BCUT2D eigenvalue weighted by Crippen LogP contribution is 2.27. The molecule has 1 aliphatic rings. The minimum Gasteiger partial charge on any atom is -0.491 e. The number of rotatable bonds is 4. The first-order chi connectivity index (χ1) is 17.9. The molecule has 0 saturated heterocycles.